The minimum Gasteiger partial charge on any atom is -0.342 e. The highest BCUT2D eigenvalue weighted by Crippen LogP contribution is 2.34. The number of ketones is 1. The molecular formula is C25H37N3O3. The summed E-state index contributed by atoms with van der Waals surface area (Å²) in [6.07, 6.45) is 2.98. The van der Waals surface area contributed by atoms with Crippen molar-refractivity contribution >= 4 is 17.6 Å². The van der Waals surface area contributed by atoms with Crippen LogP contribution in [0.25, 0.3) is 0 Å². The van der Waals surface area contributed by atoms with Gasteiger partial charge in [0.1, 0.15) is 11.6 Å². The molecule has 0 aliphatic heterocycles. The van der Waals surface area contributed by atoms with Crippen molar-refractivity contribution in [2.24, 2.45) is 5.41 Å². The van der Waals surface area contributed by atoms with Crippen molar-refractivity contribution in [2.75, 3.05) is 27.7 Å². The van der Waals surface area contributed by atoms with E-state index in [0.717, 1.165) is 0 Å². The summed E-state index contributed by atoms with van der Waals surface area (Å²) in [5.41, 5.74) is 1.77. The number of hydrogen-bond acceptors (Lipinski definition) is 4. The summed E-state index contributed by atoms with van der Waals surface area (Å²) in [6, 6.07) is 7.44. The van der Waals surface area contributed by atoms with Crippen LogP contribution in [-0.2, 0) is 27.2 Å². The topological polar surface area (TPSA) is 69.7 Å². The molecule has 1 N–H and O–H groups in total. The van der Waals surface area contributed by atoms with Crippen molar-refractivity contribution in [3.8, 4) is 0 Å². The van der Waals surface area contributed by atoms with Crippen LogP contribution in [0.5, 0.6) is 0 Å². The monoisotopic (exact) mass is 427 g/mol. The zero-order chi connectivity index (χ0) is 23.6. The van der Waals surface area contributed by atoms with E-state index in [0.29, 0.717) is 25.0 Å². The standard InChI is InChI=1S/C25H37N3O3/c1-17(18(2)29)13-14-28(8)22(30)21(24(3,4)5)26-23(31)25(27(6)7)15-19-11-9-10-12-20(19)16-25/h9-13,21H,14-16H2,1-8H3,(H,26,31)/b17-13+. The van der Waals surface area contributed by atoms with E-state index in [9.17, 15) is 14.4 Å². The van der Waals surface area contributed by atoms with Crippen LogP contribution < -0.4 is 5.32 Å². The lowest BCUT2D eigenvalue weighted by atomic mass is 9.84. The van der Waals surface area contributed by atoms with Crippen LogP contribution in [0.15, 0.2) is 35.9 Å². The lowest BCUT2D eigenvalue weighted by Gasteiger charge is -2.39. The third kappa shape index (κ3) is 5.42. The van der Waals surface area contributed by atoms with Crippen molar-refractivity contribution in [3.05, 3.63) is 47.0 Å². The molecule has 0 saturated heterocycles. The molecule has 1 aromatic carbocycles. The number of carbonyl (C=O) groups is 3. The molecule has 6 nitrogen and oxygen atoms in total. The first kappa shape index (κ1) is 24.8. The quantitative estimate of drug-likeness (QED) is 0.679. The highest BCUT2D eigenvalue weighted by molar-refractivity contribution is 5.94. The van der Waals surface area contributed by atoms with E-state index in [-0.39, 0.29) is 17.6 Å². The Labute approximate surface area is 186 Å². The number of Topliss-reactive ketones (excluding diaryl/α,β-unsaturated/α-hetero) is 1. The minimum absolute atomic E-state index is 0.0183. The molecular weight excluding hydrogens is 390 g/mol. The van der Waals surface area contributed by atoms with Crippen LogP contribution in [0.1, 0.15) is 45.7 Å². The highest BCUT2D eigenvalue weighted by atomic mass is 16.2. The van der Waals surface area contributed by atoms with Gasteiger partial charge in [0.25, 0.3) is 0 Å². The van der Waals surface area contributed by atoms with Gasteiger partial charge in [-0.1, -0.05) is 51.1 Å². The fraction of sp³-hybridized carbons (Fsp3) is 0.560. The number of rotatable bonds is 7. The maximum absolute atomic E-state index is 13.6. The van der Waals surface area contributed by atoms with Crippen molar-refractivity contribution in [1.29, 1.82) is 0 Å². The SMILES string of the molecule is CC(=O)/C(C)=C/CN(C)C(=O)C(NC(=O)C1(N(C)C)Cc2ccccc2C1)C(C)(C)C. The average molecular weight is 428 g/mol. The smallest absolute Gasteiger partial charge is 0.245 e. The van der Waals surface area contributed by atoms with Crippen molar-refractivity contribution in [2.45, 2.75) is 59.0 Å². The zero-order valence-corrected chi connectivity index (χ0v) is 20.2. The summed E-state index contributed by atoms with van der Waals surface area (Å²) in [5.74, 6) is -0.320. The second-order valence-electron chi connectivity index (χ2n) is 9.98. The van der Waals surface area contributed by atoms with E-state index in [1.54, 1.807) is 24.9 Å². The number of nitrogens with zero attached hydrogens (tertiary/aromatic N) is 2. The van der Waals surface area contributed by atoms with Crippen LogP contribution in [0, 0.1) is 5.41 Å². The van der Waals surface area contributed by atoms with E-state index < -0.39 is 17.0 Å². The number of hydrogen-bond donors (Lipinski definition) is 1. The summed E-state index contributed by atoms with van der Waals surface area (Å²) >= 11 is 0. The minimum atomic E-state index is -0.725. The Morgan fingerprint density at radius 1 is 1.06 bits per heavy atom. The molecule has 0 aromatic heterocycles. The molecule has 0 radical (unpaired) electrons. The predicted molar refractivity (Wildman–Crippen MR) is 124 cm³/mol. The third-order valence-corrected chi connectivity index (χ3v) is 6.35. The summed E-state index contributed by atoms with van der Waals surface area (Å²) < 4.78 is 0. The van der Waals surface area contributed by atoms with Crippen molar-refractivity contribution < 1.29 is 14.4 Å². The predicted octanol–water partition coefficient (Wildman–Crippen LogP) is 2.61. The number of amides is 2. The van der Waals surface area contributed by atoms with Gasteiger partial charge < -0.3 is 10.2 Å². The van der Waals surface area contributed by atoms with E-state index in [2.05, 4.69) is 17.4 Å². The third-order valence-electron chi connectivity index (χ3n) is 6.35. The maximum Gasteiger partial charge on any atom is 0.245 e. The van der Waals surface area contributed by atoms with Gasteiger partial charge in [-0.15, -0.1) is 0 Å². The van der Waals surface area contributed by atoms with Crippen LogP contribution in [0.3, 0.4) is 0 Å². The summed E-state index contributed by atoms with van der Waals surface area (Å²) in [7, 11) is 5.53. The average Bonchev–Trinajstić information content (AvgIpc) is 3.09. The molecule has 2 rings (SSSR count). The van der Waals surface area contributed by atoms with Crippen LogP contribution in [0.4, 0.5) is 0 Å². The molecule has 1 unspecified atom stereocenters. The van der Waals surface area contributed by atoms with Crippen LogP contribution in [0.2, 0.25) is 0 Å². The second kappa shape index (κ2) is 9.35. The molecule has 6 heteroatoms. The van der Waals surface area contributed by atoms with E-state index in [1.807, 2.05) is 51.9 Å². The molecule has 1 atom stereocenters. The number of carbonyl (C=O) groups excluding carboxylic acids is 3. The fourth-order valence-corrected chi connectivity index (χ4v) is 3.92. The lowest BCUT2D eigenvalue weighted by Crippen LogP contribution is -2.63. The Kier molecular flexibility index (Phi) is 7.48. The number of nitrogens with one attached hydrogen (secondary N) is 1. The van der Waals surface area contributed by atoms with Gasteiger partial charge in [-0.2, -0.15) is 0 Å². The Morgan fingerprint density at radius 2 is 1.58 bits per heavy atom. The van der Waals surface area contributed by atoms with Crippen molar-refractivity contribution in [3.63, 3.8) is 0 Å². The number of likely N-dealkylation sites (N-methyl/N-ethyl adjacent to an activating group) is 2. The molecule has 1 aliphatic rings. The zero-order valence-electron chi connectivity index (χ0n) is 20.2. The molecule has 0 spiro atoms. The van der Waals surface area contributed by atoms with E-state index in [4.69, 9.17) is 0 Å². The van der Waals surface area contributed by atoms with Gasteiger partial charge in [0.05, 0.1) is 0 Å². The van der Waals surface area contributed by atoms with Gasteiger partial charge in [0.2, 0.25) is 11.8 Å². The Morgan fingerprint density at radius 3 is 2.00 bits per heavy atom. The van der Waals surface area contributed by atoms with Gasteiger partial charge >= 0.3 is 0 Å². The molecule has 0 fully saturated rings. The van der Waals surface area contributed by atoms with Gasteiger partial charge in [-0.05, 0) is 50.1 Å². The maximum atomic E-state index is 13.6. The summed E-state index contributed by atoms with van der Waals surface area (Å²) in [6.45, 7) is 9.41. The second-order valence-corrected chi connectivity index (χ2v) is 9.98. The van der Waals surface area contributed by atoms with Gasteiger partial charge in [-0.25, -0.2) is 0 Å². The molecule has 170 valence electrons. The molecule has 0 heterocycles. The number of benzene rings is 1. The Hall–Kier alpha value is -2.47. The number of allylic oxidation sites excluding steroid dienone is 1. The fourth-order valence-electron chi connectivity index (χ4n) is 3.92. The van der Waals surface area contributed by atoms with E-state index >= 15 is 0 Å². The van der Waals surface area contributed by atoms with Crippen LogP contribution in [-0.4, -0.2) is 66.7 Å². The summed E-state index contributed by atoms with van der Waals surface area (Å²) in [4.78, 5) is 41.9. The highest BCUT2D eigenvalue weighted by Gasteiger charge is 2.48. The molecule has 0 bridgehead atoms. The first-order valence-electron chi connectivity index (χ1n) is 10.8. The van der Waals surface area contributed by atoms with Gasteiger partial charge in [-0.3, -0.25) is 19.3 Å². The lowest BCUT2D eigenvalue weighted by molar-refractivity contribution is -0.141. The Balaban J connectivity index is 2.26. The Bertz CT molecular complexity index is 855. The largest absolute Gasteiger partial charge is 0.342 e. The van der Waals surface area contributed by atoms with E-state index in [1.165, 1.54) is 18.1 Å². The first-order valence-corrected chi connectivity index (χ1v) is 10.8. The molecule has 31 heavy (non-hydrogen) atoms. The van der Waals surface area contributed by atoms with Gasteiger partial charge in [0, 0.05) is 26.4 Å². The molecule has 1 aromatic rings. The molecule has 1 aliphatic carbocycles. The number of fused-ring (bicyclic) bond motifs is 1. The molecule has 2 amide bonds. The van der Waals surface area contributed by atoms with Crippen molar-refractivity contribution in [1.82, 2.24) is 15.1 Å². The first-order chi connectivity index (χ1) is 14.3. The van der Waals surface area contributed by atoms with Gasteiger partial charge in [0.15, 0.2) is 5.78 Å². The normalized spacial score (nSPS) is 16.6. The summed E-state index contributed by atoms with van der Waals surface area (Å²) in [5, 5.41) is 3.09. The van der Waals surface area contributed by atoms with Crippen LogP contribution >= 0.6 is 0 Å². The molecule has 0 saturated carbocycles.